The minimum Gasteiger partial charge on any atom is -0.369 e. The molecule has 2 aromatic rings. The van der Waals surface area contributed by atoms with Crippen LogP contribution in [0.5, 0.6) is 0 Å². The number of thioether (sulfide) groups is 1. The number of carbonyl (C=O) groups is 3. The van der Waals surface area contributed by atoms with E-state index in [0.29, 0.717) is 42.1 Å². The Bertz CT molecular complexity index is 1060. The fourth-order valence-corrected chi connectivity index (χ4v) is 4.85. The molecule has 2 N–H and O–H groups in total. The molecule has 0 spiro atoms. The highest BCUT2D eigenvalue weighted by atomic mass is 32.2. The van der Waals surface area contributed by atoms with Gasteiger partial charge in [-0.05, 0) is 37.1 Å². The standard InChI is InChI=1S/C23H22FN3O3S/c24-17-6-2-1-5-16(17)13-20-23(30)27(18-7-3-4-8-19(18)31-20)14-21(28)26-11-9-15(10-12-26)22(25)29/h1-8,13,15H,9-12,14H2,(H2,25,29)/b20-13-. The molecule has 2 aliphatic heterocycles. The number of hydrogen-bond acceptors (Lipinski definition) is 4. The van der Waals surface area contributed by atoms with E-state index in [0.717, 1.165) is 4.90 Å². The summed E-state index contributed by atoms with van der Waals surface area (Å²) in [5.41, 5.74) is 6.34. The summed E-state index contributed by atoms with van der Waals surface area (Å²) in [5.74, 6) is -1.50. The van der Waals surface area contributed by atoms with E-state index in [9.17, 15) is 18.8 Å². The first kappa shape index (κ1) is 21.1. The summed E-state index contributed by atoms with van der Waals surface area (Å²) in [5, 5.41) is 0. The Morgan fingerprint density at radius 2 is 1.77 bits per heavy atom. The van der Waals surface area contributed by atoms with Crippen LogP contribution in [0.15, 0.2) is 58.3 Å². The molecule has 2 heterocycles. The molecule has 2 aromatic carbocycles. The van der Waals surface area contributed by atoms with Crippen LogP contribution in [-0.2, 0) is 14.4 Å². The Kier molecular flexibility index (Phi) is 6.08. The number of rotatable bonds is 4. The Hall–Kier alpha value is -3.13. The van der Waals surface area contributed by atoms with Crippen LogP contribution in [0.3, 0.4) is 0 Å². The first-order valence-electron chi connectivity index (χ1n) is 10.1. The van der Waals surface area contributed by atoms with Gasteiger partial charge < -0.3 is 10.6 Å². The molecular formula is C23H22FN3O3S. The Morgan fingerprint density at radius 3 is 2.48 bits per heavy atom. The van der Waals surface area contributed by atoms with Gasteiger partial charge in [-0.25, -0.2) is 4.39 Å². The third kappa shape index (κ3) is 4.49. The molecule has 0 saturated carbocycles. The molecule has 3 amide bonds. The number of anilines is 1. The van der Waals surface area contributed by atoms with Gasteiger partial charge in [0.1, 0.15) is 12.4 Å². The SMILES string of the molecule is NC(=O)C1CCN(C(=O)CN2C(=O)/C(=C/c3ccccc3F)Sc3ccccc32)CC1. The summed E-state index contributed by atoms with van der Waals surface area (Å²) in [6, 6.07) is 13.6. The topological polar surface area (TPSA) is 83.7 Å². The zero-order chi connectivity index (χ0) is 22.0. The van der Waals surface area contributed by atoms with E-state index < -0.39 is 5.82 Å². The summed E-state index contributed by atoms with van der Waals surface area (Å²) < 4.78 is 14.1. The zero-order valence-corrected chi connectivity index (χ0v) is 17.6. The van der Waals surface area contributed by atoms with E-state index in [1.165, 1.54) is 28.8 Å². The zero-order valence-electron chi connectivity index (χ0n) is 16.8. The number of benzene rings is 2. The fourth-order valence-electron chi connectivity index (χ4n) is 3.80. The number of carbonyl (C=O) groups excluding carboxylic acids is 3. The van der Waals surface area contributed by atoms with Gasteiger partial charge in [-0.1, -0.05) is 42.1 Å². The van der Waals surface area contributed by atoms with Gasteiger partial charge in [0.2, 0.25) is 11.8 Å². The number of likely N-dealkylation sites (tertiary alicyclic amines) is 1. The summed E-state index contributed by atoms with van der Waals surface area (Å²) in [6.07, 6.45) is 2.58. The van der Waals surface area contributed by atoms with Crippen molar-refractivity contribution in [3.05, 3.63) is 64.8 Å². The maximum atomic E-state index is 14.1. The van der Waals surface area contributed by atoms with E-state index in [2.05, 4.69) is 0 Å². The van der Waals surface area contributed by atoms with Crippen LogP contribution in [0.25, 0.3) is 6.08 Å². The monoisotopic (exact) mass is 439 g/mol. The second-order valence-corrected chi connectivity index (χ2v) is 8.63. The van der Waals surface area contributed by atoms with Crippen LogP contribution in [0.1, 0.15) is 18.4 Å². The van der Waals surface area contributed by atoms with Crippen molar-refractivity contribution < 1.29 is 18.8 Å². The van der Waals surface area contributed by atoms with Crippen molar-refractivity contribution in [2.75, 3.05) is 24.5 Å². The smallest absolute Gasteiger partial charge is 0.265 e. The third-order valence-corrected chi connectivity index (χ3v) is 6.64. The van der Waals surface area contributed by atoms with Gasteiger partial charge in [-0.15, -0.1) is 0 Å². The Morgan fingerprint density at radius 1 is 1.10 bits per heavy atom. The van der Waals surface area contributed by atoms with Crippen molar-refractivity contribution in [2.45, 2.75) is 17.7 Å². The average molecular weight is 440 g/mol. The minimum atomic E-state index is -0.415. The number of piperidine rings is 1. The van der Waals surface area contributed by atoms with E-state index in [4.69, 9.17) is 5.73 Å². The number of nitrogens with two attached hydrogens (primary N) is 1. The highest BCUT2D eigenvalue weighted by molar-refractivity contribution is 8.04. The number of nitrogens with zero attached hydrogens (tertiary/aromatic N) is 2. The fraction of sp³-hybridized carbons (Fsp3) is 0.261. The third-order valence-electron chi connectivity index (χ3n) is 5.57. The van der Waals surface area contributed by atoms with Gasteiger partial charge in [0.15, 0.2) is 0 Å². The lowest BCUT2D eigenvalue weighted by molar-refractivity contribution is -0.134. The number of amides is 3. The summed E-state index contributed by atoms with van der Waals surface area (Å²) in [7, 11) is 0. The molecule has 0 atom stereocenters. The second-order valence-electron chi connectivity index (χ2n) is 7.55. The second kappa shape index (κ2) is 8.93. The first-order valence-corrected chi connectivity index (χ1v) is 10.9. The van der Waals surface area contributed by atoms with Crippen molar-refractivity contribution >= 4 is 41.2 Å². The number of halogens is 1. The van der Waals surface area contributed by atoms with E-state index in [1.54, 1.807) is 29.2 Å². The number of primary amides is 1. The molecule has 6 nitrogen and oxygen atoms in total. The largest absolute Gasteiger partial charge is 0.369 e. The molecule has 1 saturated heterocycles. The Balaban J connectivity index is 1.57. The molecule has 0 aromatic heterocycles. The predicted octanol–water partition coefficient (Wildman–Crippen LogP) is 3.03. The van der Waals surface area contributed by atoms with Crippen molar-refractivity contribution in [2.24, 2.45) is 11.7 Å². The van der Waals surface area contributed by atoms with Gasteiger partial charge in [0.05, 0.1) is 10.6 Å². The summed E-state index contributed by atoms with van der Waals surface area (Å²) in [4.78, 5) is 41.8. The van der Waals surface area contributed by atoms with Gasteiger partial charge in [0.25, 0.3) is 5.91 Å². The van der Waals surface area contributed by atoms with Crippen LogP contribution in [0.2, 0.25) is 0 Å². The van der Waals surface area contributed by atoms with Crippen molar-refractivity contribution in [3.8, 4) is 0 Å². The number of fused-ring (bicyclic) bond motifs is 1. The van der Waals surface area contributed by atoms with Crippen LogP contribution < -0.4 is 10.6 Å². The van der Waals surface area contributed by atoms with Gasteiger partial charge >= 0.3 is 0 Å². The van der Waals surface area contributed by atoms with Crippen LogP contribution >= 0.6 is 11.8 Å². The van der Waals surface area contributed by atoms with Crippen LogP contribution in [-0.4, -0.2) is 42.3 Å². The van der Waals surface area contributed by atoms with Crippen molar-refractivity contribution in [1.82, 2.24) is 4.90 Å². The number of hydrogen-bond donors (Lipinski definition) is 1. The van der Waals surface area contributed by atoms with Gasteiger partial charge in [-0.2, -0.15) is 0 Å². The van der Waals surface area contributed by atoms with Crippen LogP contribution in [0.4, 0.5) is 10.1 Å². The van der Waals surface area contributed by atoms with E-state index in [1.807, 2.05) is 18.2 Å². The molecule has 31 heavy (non-hydrogen) atoms. The molecule has 0 bridgehead atoms. The predicted molar refractivity (Wildman–Crippen MR) is 118 cm³/mol. The van der Waals surface area contributed by atoms with Gasteiger partial charge in [0, 0.05) is 29.5 Å². The normalized spacial score (nSPS) is 18.2. The highest BCUT2D eigenvalue weighted by Crippen LogP contribution is 2.42. The molecule has 160 valence electrons. The molecule has 2 aliphatic rings. The maximum Gasteiger partial charge on any atom is 0.265 e. The van der Waals surface area contributed by atoms with E-state index in [-0.39, 0.29) is 30.2 Å². The lowest BCUT2D eigenvalue weighted by atomic mass is 9.96. The first-order chi connectivity index (χ1) is 14.9. The van der Waals surface area contributed by atoms with Crippen molar-refractivity contribution in [1.29, 1.82) is 0 Å². The highest BCUT2D eigenvalue weighted by Gasteiger charge is 2.33. The van der Waals surface area contributed by atoms with E-state index >= 15 is 0 Å². The lowest BCUT2D eigenvalue weighted by Gasteiger charge is -2.34. The number of para-hydroxylation sites is 1. The van der Waals surface area contributed by atoms with Crippen molar-refractivity contribution in [3.63, 3.8) is 0 Å². The molecular weight excluding hydrogens is 417 g/mol. The lowest BCUT2D eigenvalue weighted by Crippen LogP contribution is -2.48. The summed E-state index contributed by atoms with van der Waals surface area (Å²) >= 11 is 1.27. The van der Waals surface area contributed by atoms with Crippen LogP contribution in [0, 0.1) is 11.7 Å². The minimum absolute atomic E-state index is 0.119. The summed E-state index contributed by atoms with van der Waals surface area (Å²) in [6.45, 7) is 0.748. The van der Waals surface area contributed by atoms with Gasteiger partial charge in [-0.3, -0.25) is 19.3 Å². The molecule has 8 heteroatoms. The molecule has 4 rings (SSSR count). The molecule has 0 radical (unpaired) electrons. The quantitative estimate of drug-likeness (QED) is 0.743. The molecule has 0 aliphatic carbocycles. The Labute approximate surface area is 183 Å². The molecule has 0 unspecified atom stereocenters. The molecule has 1 fully saturated rings. The maximum absolute atomic E-state index is 14.1. The average Bonchev–Trinajstić information content (AvgIpc) is 2.78.